The molecule has 0 bridgehead atoms. The number of benzene rings is 2. The first-order valence-corrected chi connectivity index (χ1v) is 9.10. The van der Waals surface area contributed by atoms with Crippen LogP contribution >= 0.6 is 11.6 Å². The highest BCUT2D eigenvalue weighted by Crippen LogP contribution is 2.44. The standard InChI is InChI=1S/C21H24ClFN2/c1-5-25-20-11-19(22)15(10-18(20)14(2)12-21(25,3)4)13-24-17-8-6-16(23)7-9-17/h6-11,13-14H,5,12H2,1-4H3. The van der Waals surface area contributed by atoms with Gasteiger partial charge >= 0.3 is 0 Å². The molecule has 2 nitrogen and oxygen atoms in total. The van der Waals surface area contributed by atoms with Crippen LogP contribution in [-0.4, -0.2) is 18.3 Å². The van der Waals surface area contributed by atoms with Crippen LogP contribution in [0.1, 0.15) is 51.2 Å². The molecule has 3 rings (SSSR count). The van der Waals surface area contributed by atoms with E-state index >= 15 is 0 Å². The number of fused-ring (bicyclic) bond motifs is 1. The SMILES string of the molecule is CCN1c2cc(Cl)c(C=Nc3ccc(F)cc3)cc2C(C)CC1(C)C. The Labute approximate surface area is 154 Å². The number of aliphatic imine (C=N–C) groups is 1. The van der Waals surface area contributed by atoms with Crippen molar-refractivity contribution in [2.24, 2.45) is 4.99 Å². The van der Waals surface area contributed by atoms with Crippen LogP contribution in [0.2, 0.25) is 5.02 Å². The molecule has 1 aliphatic heterocycles. The molecule has 0 N–H and O–H groups in total. The van der Waals surface area contributed by atoms with E-state index in [4.69, 9.17) is 11.6 Å². The maximum atomic E-state index is 13.0. The van der Waals surface area contributed by atoms with Gasteiger partial charge in [-0.25, -0.2) is 4.39 Å². The van der Waals surface area contributed by atoms with Crippen LogP contribution in [0.15, 0.2) is 41.4 Å². The van der Waals surface area contributed by atoms with Gasteiger partial charge in [0.1, 0.15) is 5.82 Å². The van der Waals surface area contributed by atoms with Crippen LogP contribution < -0.4 is 4.90 Å². The topological polar surface area (TPSA) is 15.6 Å². The first-order chi connectivity index (χ1) is 11.8. The van der Waals surface area contributed by atoms with E-state index in [0.717, 1.165) is 18.5 Å². The van der Waals surface area contributed by atoms with Gasteiger partial charge in [0.15, 0.2) is 0 Å². The normalized spacial score (nSPS) is 19.3. The summed E-state index contributed by atoms with van der Waals surface area (Å²) in [6.45, 7) is 9.97. The highest BCUT2D eigenvalue weighted by molar-refractivity contribution is 6.33. The molecular formula is C21H24ClFN2. The van der Waals surface area contributed by atoms with Crippen LogP contribution in [-0.2, 0) is 0 Å². The molecule has 0 spiro atoms. The van der Waals surface area contributed by atoms with Crippen molar-refractivity contribution in [3.8, 4) is 0 Å². The summed E-state index contributed by atoms with van der Waals surface area (Å²) in [4.78, 5) is 6.86. The average molecular weight is 359 g/mol. The molecule has 0 aliphatic carbocycles. The van der Waals surface area contributed by atoms with Crippen molar-refractivity contribution in [2.45, 2.75) is 45.6 Å². The van der Waals surface area contributed by atoms with Gasteiger partial charge in [-0.3, -0.25) is 4.99 Å². The number of hydrogen-bond donors (Lipinski definition) is 0. The molecule has 0 saturated heterocycles. The second kappa shape index (κ2) is 6.80. The predicted molar refractivity (Wildman–Crippen MR) is 105 cm³/mol. The van der Waals surface area contributed by atoms with E-state index in [9.17, 15) is 4.39 Å². The highest BCUT2D eigenvalue weighted by Gasteiger charge is 2.35. The first-order valence-electron chi connectivity index (χ1n) is 8.72. The van der Waals surface area contributed by atoms with Crippen molar-refractivity contribution >= 4 is 29.2 Å². The summed E-state index contributed by atoms with van der Waals surface area (Å²) in [5, 5.41) is 0.688. The van der Waals surface area contributed by atoms with Gasteiger partial charge in [0, 0.05) is 29.5 Å². The minimum absolute atomic E-state index is 0.119. The minimum atomic E-state index is -0.262. The second-order valence-electron chi connectivity index (χ2n) is 7.33. The van der Waals surface area contributed by atoms with Crippen molar-refractivity contribution in [3.05, 3.63) is 58.4 Å². The third-order valence-corrected chi connectivity index (χ3v) is 5.33. The average Bonchev–Trinajstić information content (AvgIpc) is 2.54. The van der Waals surface area contributed by atoms with Gasteiger partial charge in [0.05, 0.1) is 10.7 Å². The first kappa shape index (κ1) is 17.9. The molecule has 0 saturated carbocycles. The van der Waals surface area contributed by atoms with E-state index in [-0.39, 0.29) is 11.4 Å². The van der Waals surface area contributed by atoms with Crippen molar-refractivity contribution in [1.82, 2.24) is 0 Å². The summed E-state index contributed by atoms with van der Waals surface area (Å²) >= 11 is 6.54. The molecule has 4 heteroatoms. The van der Waals surface area contributed by atoms with E-state index in [0.29, 0.717) is 16.6 Å². The lowest BCUT2D eigenvalue weighted by Crippen LogP contribution is -2.48. The quantitative estimate of drug-likeness (QED) is 0.584. The van der Waals surface area contributed by atoms with Gasteiger partial charge in [-0.1, -0.05) is 18.5 Å². The number of hydrogen-bond acceptors (Lipinski definition) is 2. The number of nitrogens with zero attached hydrogens (tertiary/aromatic N) is 2. The van der Waals surface area contributed by atoms with Crippen LogP contribution in [0.3, 0.4) is 0 Å². The Morgan fingerprint density at radius 2 is 1.96 bits per heavy atom. The lowest BCUT2D eigenvalue weighted by atomic mass is 9.79. The molecule has 0 radical (unpaired) electrons. The van der Waals surface area contributed by atoms with Gasteiger partial charge in [0.2, 0.25) is 0 Å². The molecule has 2 aromatic rings. The van der Waals surface area contributed by atoms with Gasteiger partial charge in [-0.05, 0) is 75.1 Å². The third kappa shape index (κ3) is 3.57. The van der Waals surface area contributed by atoms with E-state index in [1.807, 2.05) is 0 Å². The van der Waals surface area contributed by atoms with E-state index in [1.165, 1.54) is 23.4 Å². The largest absolute Gasteiger partial charge is 0.366 e. The molecule has 0 fully saturated rings. The van der Waals surface area contributed by atoms with Crippen molar-refractivity contribution in [3.63, 3.8) is 0 Å². The number of anilines is 1. The Kier molecular flexibility index (Phi) is 4.88. The summed E-state index contributed by atoms with van der Waals surface area (Å²) in [5.41, 5.74) is 4.25. The molecule has 2 aromatic carbocycles. The molecule has 132 valence electrons. The van der Waals surface area contributed by atoms with E-state index < -0.39 is 0 Å². The monoisotopic (exact) mass is 358 g/mol. The summed E-state index contributed by atoms with van der Waals surface area (Å²) < 4.78 is 13.0. The van der Waals surface area contributed by atoms with Gasteiger partial charge in [-0.2, -0.15) is 0 Å². The van der Waals surface area contributed by atoms with Crippen molar-refractivity contribution in [1.29, 1.82) is 0 Å². The maximum absolute atomic E-state index is 13.0. The van der Waals surface area contributed by atoms with Gasteiger partial charge in [0.25, 0.3) is 0 Å². The fraction of sp³-hybridized carbons (Fsp3) is 0.381. The van der Waals surface area contributed by atoms with Crippen molar-refractivity contribution in [2.75, 3.05) is 11.4 Å². The fourth-order valence-electron chi connectivity index (χ4n) is 3.89. The molecule has 1 aliphatic rings. The van der Waals surface area contributed by atoms with Gasteiger partial charge < -0.3 is 4.90 Å². The summed E-state index contributed by atoms with van der Waals surface area (Å²) in [7, 11) is 0. The predicted octanol–water partition coefficient (Wildman–Crippen LogP) is 6.34. The summed E-state index contributed by atoms with van der Waals surface area (Å²) in [5.74, 6) is 0.199. The fourth-order valence-corrected chi connectivity index (χ4v) is 4.10. The van der Waals surface area contributed by atoms with Crippen LogP contribution in [0.25, 0.3) is 0 Å². The molecule has 1 atom stereocenters. The number of halogens is 2. The maximum Gasteiger partial charge on any atom is 0.123 e. The lowest BCUT2D eigenvalue weighted by Gasteiger charge is -2.47. The Hall–Kier alpha value is -1.87. The van der Waals surface area contributed by atoms with Crippen LogP contribution in [0.5, 0.6) is 0 Å². The molecule has 1 unspecified atom stereocenters. The van der Waals surface area contributed by atoms with Crippen LogP contribution in [0.4, 0.5) is 15.8 Å². The Balaban J connectivity index is 1.99. The Morgan fingerprint density at radius 1 is 1.28 bits per heavy atom. The summed E-state index contributed by atoms with van der Waals surface area (Å²) in [6, 6.07) is 10.3. The zero-order chi connectivity index (χ0) is 18.2. The van der Waals surface area contributed by atoms with Gasteiger partial charge in [-0.15, -0.1) is 0 Å². The van der Waals surface area contributed by atoms with E-state index in [2.05, 4.69) is 49.7 Å². The summed E-state index contributed by atoms with van der Waals surface area (Å²) in [6.07, 6.45) is 2.86. The lowest BCUT2D eigenvalue weighted by molar-refractivity contribution is 0.381. The minimum Gasteiger partial charge on any atom is -0.366 e. The van der Waals surface area contributed by atoms with Crippen molar-refractivity contribution < 1.29 is 4.39 Å². The molecule has 25 heavy (non-hydrogen) atoms. The van der Waals surface area contributed by atoms with E-state index in [1.54, 1.807) is 18.3 Å². The van der Waals surface area contributed by atoms with Crippen LogP contribution in [0, 0.1) is 5.82 Å². The zero-order valence-corrected chi connectivity index (χ0v) is 15.9. The molecule has 1 heterocycles. The Bertz CT molecular complexity index is 796. The smallest absolute Gasteiger partial charge is 0.123 e. The molecule has 0 amide bonds. The molecule has 0 aromatic heterocycles. The zero-order valence-electron chi connectivity index (χ0n) is 15.2. The Morgan fingerprint density at radius 3 is 2.60 bits per heavy atom. The number of rotatable bonds is 3. The third-order valence-electron chi connectivity index (χ3n) is 5.00. The molecular weight excluding hydrogens is 335 g/mol. The second-order valence-corrected chi connectivity index (χ2v) is 7.74. The highest BCUT2D eigenvalue weighted by atomic mass is 35.5.